The van der Waals surface area contributed by atoms with Crippen molar-refractivity contribution in [3.05, 3.63) is 224 Å². The Kier molecular flexibility index (Phi) is 7.83. The fraction of sp³-hybridized carbons (Fsp3) is 0.0164. The summed E-state index contributed by atoms with van der Waals surface area (Å²) in [6, 6.07) is 81.0. The van der Waals surface area contributed by atoms with Gasteiger partial charge in [0.05, 0.1) is 33.1 Å². The van der Waals surface area contributed by atoms with Crippen molar-refractivity contribution in [1.82, 2.24) is 18.3 Å². The molecule has 0 unspecified atom stereocenters. The summed E-state index contributed by atoms with van der Waals surface area (Å²) < 4.78 is 16.2. The highest BCUT2D eigenvalue weighted by Crippen LogP contribution is 2.41. The van der Waals surface area contributed by atoms with E-state index in [4.69, 9.17) is 4.74 Å². The molecule has 5 heteroatoms. The van der Waals surface area contributed by atoms with Gasteiger partial charge in [-0.25, -0.2) is 0 Å². The van der Waals surface area contributed by atoms with E-state index in [0.717, 1.165) is 55.9 Å². The number of hydrogen-bond donors (Lipinski definition) is 0. The zero-order valence-corrected chi connectivity index (χ0v) is 36.1. The number of ether oxygens (including phenoxy) is 1. The Labute approximate surface area is 379 Å². The van der Waals surface area contributed by atoms with Crippen molar-refractivity contribution in [2.45, 2.75) is 0 Å². The fourth-order valence-corrected chi connectivity index (χ4v) is 10.9. The van der Waals surface area contributed by atoms with Crippen LogP contribution in [0.25, 0.3) is 115 Å². The van der Waals surface area contributed by atoms with Gasteiger partial charge in [0, 0.05) is 78.2 Å². The van der Waals surface area contributed by atoms with Crippen LogP contribution in [0, 0.1) is 0 Å². The van der Waals surface area contributed by atoms with Crippen molar-refractivity contribution in [2.75, 3.05) is 0 Å². The first-order valence-electron chi connectivity index (χ1n) is 22.6. The van der Waals surface area contributed by atoms with Gasteiger partial charge in [-0.1, -0.05) is 109 Å². The summed E-state index contributed by atoms with van der Waals surface area (Å²) in [5.41, 5.74) is 15.2. The molecule has 0 amide bonds. The maximum absolute atomic E-state index is 6.71. The third kappa shape index (κ3) is 5.41. The molecule has 10 aromatic carbocycles. The summed E-state index contributed by atoms with van der Waals surface area (Å²) in [6.45, 7) is 0. The standard InChI is InChI=1S/C61H40N4O/c1-62-54-30-26-40(35-50(54)51-36-43(27-31-55(51)62)65-56-22-9-5-18-46(56)47-19-6-10-23-57(47)65)39-14-13-17-42(34-39)64-59-25-12-8-21-49(59)53-38-45(29-33-61(53)64)66-44-28-32-60-52(37-44)48-20-7-11-24-58(48)63(60)41-15-3-2-4-16-41/h2-38H,1H3. The van der Waals surface area contributed by atoms with Gasteiger partial charge >= 0.3 is 0 Å². The molecule has 5 nitrogen and oxygen atoms in total. The first-order chi connectivity index (χ1) is 32.6. The van der Waals surface area contributed by atoms with Crippen molar-refractivity contribution < 1.29 is 4.74 Å². The summed E-state index contributed by atoms with van der Waals surface area (Å²) >= 11 is 0. The summed E-state index contributed by atoms with van der Waals surface area (Å²) in [4.78, 5) is 0. The number of aryl methyl sites for hydroxylation is 1. The molecule has 0 aliphatic carbocycles. The van der Waals surface area contributed by atoms with Crippen LogP contribution < -0.4 is 4.74 Å². The largest absolute Gasteiger partial charge is 0.457 e. The van der Waals surface area contributed by atoms with Crippen molar-refractivity contribution in [1.29, 1.82) is 0 Å². The van der Waals surface area contributed by atoms with Gasteiger partial charge in [-0.2, -0.15) is 0 Å². The molecule has 4 heterocycles. The average molecular weight is 845 g/mol. The molecule has 0 aliphatic heterocycles. The molecule has 4 aromatic heterocycles. The first-order valence-corrected chi connectivity index (χ1v) is 22.6. The number of para-hydroxylation sites is 5. The van der Waals surface area contributed by atoms with Crippen LogP contribution in [0.15, 0.2) is 224 Å². The normalized spacial score (nSPS) is 12.0. The lowest BCUT2D eigenvalue weighted by molar-refractivity contribution is 0.484. The van der Waals surface area contributed by atoms with Crippen LogP contribution >= 0.6 is 0 Å². The molecule has 0 atom stereocenters. The van der Waals surface area contributed by atoms with Gasteiger partial charge in [0.2, 0.25) is 0 Å². The lowest BCUT2D eigenvalue weighted by atomic mass is 10.0. The van der Waals surface area contributed by atoms with Crippen molar-refractivity contribution in [3.63, 3.8) is 0 Å². The number of rotatable bonds is 6. The molecule has 0 radical (unpaired) electrons. The SMILES string of the molecule is Cn1c2ccc(-c3cccc(-n4c5ccccc5c5cc(Oc6ccc7c(c6)c6ccccc6n7-c6ccccc6)ccc54)c3)cc2c2cc(-n3c4ccccc4c4ccccc43)ccc21. The van der Waals surface area contributed by atoms with Crippen molar-refractivity contribution in [2.24, 2.45) is 7.05 Å². The smallest absolute Gasteiger partial charge is 0.128 e. The number of hydrogen-bond acceptors (Lipinski definition) is 1. The molecule has 310 valence electrons. The van der Waals surface area contributed by atoms with E-state index in [-0.39, 0.29) is 0 Å². The van der Waals surface area contributed by atoms with Crippen LogP contribution in [0.2, 0.25) is 0 Å². The highest BCUT2D eigenvalue weighted by Gasteiger charge is 2.18. The van der Waals surface area contributed by atoms with E-state index in [2.05, 4.69) is 250 Å². The fourth-order valence-electron chi connectivity index (χ4n) is 10.9. The van der Waals surface area contributed by atoms with E-state index in [1.165, 1.54) is 71.0 Å². The zero-order chi connectivity index (χ0) is 43.5. The van der Waals surface area contributed by atoms with Gasteiger partial charge in [-0.15, -0.1) is 0 Å². The highest BCUT2D eigenvalue weighted by molar-refractivity contribution is 6.13. The van der Waals surface area contributed by atoms with Crippen LogP contribution in [0.5, 0.6) is 11.5 Å². The zero-order valence-electron chi connectivity index (χ0n) is 36.1. The monoisotopic (exact) mass is 844 g/mol. The molecule has 0 saturated carbocycles. The molecule has 66 heavy (non-hydrogen) atoms. The van der Waals surface area contributed by atoms with Gasteiger partial charge in [0.25, 0.3) is 0 Å². The van der Waals surface area contributed by atoms with Gasteiger partial charge in [-0.3, -0.25) is 0 Å². The minimum Gasteiger partial charge on any atom is -0.457 e. The number of benzene rings is 10. The first kappa shape index (κ1) is 36.7. The van der Waals surface area contributed by atoms with Crippen molar-refractivity contribution in [3.8, 4) is 39.7 Å². The van der Waals surface area contributed by atoms with E-state index in [1.54, 1.807) is 0 Å². The predicted molar refractivity (Wildman–Crippen MR) is 275 cm³/mol. The second-order valence-corrected chi connectivity index (χ2v) is 17.4. The number of fused-ring (bicyclic) bond motifs is 12. The lowest BCUT2D eigenvalue weighted by Crippen LogP contribution is -1.94. The molecule has 0 saturated heterocycles. The van der Waals surface area contributed by atoms with Crippen LogP contribution in [0.1, 0.15) is 0 Å². The topological polar surface area (TPSA) is 28.9 Å². The molecule has 14 rings (SSSR count). The van der Waals surface area contributed by atoms with Crippen LogP contribution in [-0.2, 0) is 7.05 Å². The third-order valence-electron chi connectivity index (χ3n) is 13.8. The van der Waals surface area contributed by atoms with E-state index in [0.29, 0.717) is 0 Å². The van der Waals surface area contributed by atoms with Gasteiger partial charge in [-0.05, 0) is 126 Å². The van der Waals surface area contributed by atoms with Gasteiger partial charge in [0.1, 0.15) is 11.5 Å². The molecule has 0 spiro atoms. The second kappa shape index (κ2) is 14.1. The Balaban J connectivity index is 0.849. The highest BCUT2D eigenvalue weighted by atomic mass is 16.5. The molecule has 0 aliphatic rings. The Morgan fingerprint density at radius 1 is 0.258 bits per heavy atom. The van der Waals surface area contributed by atoms with Crippen molar-refractivity contribution >= 4 is 87.2 Å². The third-order valence-corrected chi connectivity index (χ3v) is 13.8. The van der Waals surface area contributed by atoms with Crippen LogP contribution in [0.4, 0.5) is 0 Å². The molecule has 14 aromatic rings. The minimum absolute atomic E-state index is 0.801. The average Bonchev–Trinajstić information content (AvgIpc) is 4.08. The van der Waals surface area contributed by atoms with Crippen LogP contribution in [0.3, 0.4) is 0 Å². The Morgan fingerprint density at radius 3 is 1.23 bits per heavy atom. The Hall–Kier alpha value is -8.80. The maximum atomic E-state index is 6.71. The predicted octanol–water partition coefficient (Wildman–Crippen LogP) is 16.1. The maximum Gasteiger partial charge on any atom is 0.128 e. The second-order valence-electron chi connectivity index (χ2n) is 17.4. The summed E-state index contributed by atoms with van der Waals surface area (Å²) in [6.07, 6.45) is 0. The van der Waals surface area contributed by atoms with Gasteiger partial charge < -0.3 is 23.0 Å². The molecule has 0 bridgehead atoms. The minimum atomic E-state index is 0.801. The van der Waals surface area contributed by atoms with E-state index in [1.807, 2.05) is 0 Å². The lowest BCUT2D eigenvalue weighted by Gasteiger charge is -2.11. The van der Waals surface area contributed by atoms with Crippen LogP contribution in [-0.4, -0.2) is 18.3 Å². The molecular formula is C61H40N4O. The summed E-state index contributed by atoms with van der Waals surface area (Å²) in [5, 5.41) is 9.70. The van der Waals surface area contributed by atoms with E-state index in [9.17, 15) is 0 Å². The summed E-state index contributed by atoms with van der Waals surface area (Å²) in [5.74, 6) is 1.61. The number of aromatic nitrogens is 4. The molecule has 0 N–H and O–H groups in total. The number of nitrogens with zero attached hydrogens (tertiary/aromatic N) is 4. The van der Waals surface area contributed by atoms with E-state index >= 15 is 0 Å². The summed E-state index contributed by atoms with van der Waals surface area (Å²) in [7, 11) is 2.17. The Morgan fingerprint density at radius 2 is 0.652 bits per heavy atom. The van der Waals surface area contributed by atoms with E-state index < -0.39 is 0 Å². The molecule has 0 fully saturated rings. The quantitative estimate of drug-likeness (QED) is 0.164. The molecular weight excluding hydrogens is 805 g/mol. The Bertz CT molecular complexity index is 4220. The van der Waals surface area contributed by atoms with Gasteiger partial charge in [0.15, 0.2) is 0 Å².